The van der Waals surface area contributed by atoms with Gasteiger partial charge in [0, 0.05) is 29.0 Å². The van der Waals surface area contributed by atoms with Gasteiger partial charge < -0.3 is 0 Å². The first kappa shape index (κ1) is 16.8. The minimum absolute atomic E-state index is 0.448. The molecule has 0 fully saturated rings. The Balaban J connectivity index is 1.87. The summed E-state index contributed by atoms with van der Waals surface area (Å²) in [5, 5.41) is 10.6. The molecular weight excluding hydrogens is 340 g/mol. The van der Waals surface area contributed by atoms with E-state index in [9.17, 15) is 0 Å². The van der Waals surface area contributed by atoms with Gasteiger partial charge in [-0.1, -0.05) is 17.2 Å². The number of nitrogens with zero attached hydrogens (tertiary/aromatic N) is 7. The lowest BCUT2D eigenvalue weighted by molar-refractivity contribution is 0.953. The number of aromatic amines is 1. The molecule has 3 aromatic heterocycles. The van der Waals surface area contributed by atoms with Crippen LogP contribution in [0, 0.1) is 13.8 Å². The van der Waals surface area contributed by atoms with Gasteiger partial charge in [-0.3, -0.25) is 9.67 Å². The van der Waals surface area contributed by atoms with Gasteiger partial charge >= 0.3 is 0 Å². The van der Waals surface area contributed by atoms with Crippen LogP contribution in [0.3, 0.4) is 0 Å². The summed E-state index contributed by atoms with van der Waals surface area (Å²) in [6.45, 7) is 4.48. The molecule has 27 heavy (non-hydrogen) atoms. The fraction of sp³-hybridized carbons (Fsp3) is 0.211. The van der Waals surface area contributed by atoms with E-state index in [4.69, 9.17) is 15.5 Å². The molecule has 0 saturated heterocycles. The Bertz CT molecular complexity index is 1130. The number of pyridine rings is 1. The van der Waals surface area contributed by atoms with Crippen LogP contribution in [0.5, 0.6) is 0 Å². The van der Waals surface area contributed by atoms with Gasteiger partial charge in [-0.25, -0.2) is 9.97 Å². The number of fused-ring (bicyclic) bond motifs is 1. The Labute approximate surface area is 155 Å². The van der Waals surface area contributed by atoms with Gasteiger partial charge in [-0.2, -0.15) is 5.10 Å². The molecule has 0 amide bonds. The number of azide groups is 1. The van der Waals surface area contributed by atoms with Gasteiger partial charge in [0.25, 0.3) is 0 Å². The molecule has 3 heterocycles. The molecule has 8 heteroatoms. The van der Waals surface area contributed by atoms with Gasteiger partial charge in [0.15, 0.2) is 11.5 Å². The van der Waals surface area contributed by atoms with E-state index in [0.717, 1.165) is 45.2 Å². The second kappa shape index (κ2) is 6.93. The largest absolute Gasteiger partial charge is 0.275 e. The molecule has 4 rings (SSSR count). The Morgan fingerprint density at radius 1 is 1.15 bits per heavy atom. The van der Waals surface area contributed by atoms with Crippen molar-refractivity contribution >= 4 is 11.2 Å². The third kappa shape index (κ3) is 3.14. The van der Waals surface area contributed by atoms with Crippen molar-refractivity contribution in [3.63, 3.8) is 0 Å². The average molecular weight is 358 g/mol. The van der Waals surface area contributed by atoms with Crippen LogP contribution in [0.2, 0.25) is 0 Å². The molecule has 0 saturated carbocycles. The number of nitrogens with one attached hydrogen (secondary N) is 1. The molecule has 0 bridgehead atoms. The topological polar surface area (TPSA) is 108 Å². The van der Waals surface area contributed by atoms with Gasteiger partial charge in [-0.05, 0) is 61.2 Å². The zero-order chi connectivity index (χ0) is 18.8. The number of hydrogen-bond donors (Lipinski definition) is 1. The molecule has 134 valence electrons. The molecule has 0 aliphatic carbocycles. The van der Waals surface area contributed by atoms with Crippen LogP contribution in [0.1, 0.15) is 16.8 Å². The third-order valence-electron chi connectivity index (χ3n) is 4.43. The van der Waals surface area contributed by atoms with Crippen molar-refractivity contribution < 1.29 is 0 Å². The molecule has 0 spiro atoms. The van der Waals surface area contributed by atoms with Gasteiger partial charge in [-0.15, -0.1) is 0 Å². The van der Waals surface area contributed by atoms with Crippen molar-refractivity contribution in [2.75, 3.05) is 6.54 Å². The first-order chi connectivity index (χ1) is 13.2. The van der Waals surface area contributed by atoms with E-state index in [-0.39, 0.29) is 0 Å². The first-order valence-corrected chi connectivity index (χ1v) is 8.64. The molecule has 1 aromatic carbocycles. The van der Waals surface area contributed by atoms with Crippen molar-refractivity contribution in [1.29, 1.82) is 0 Å². The quantitative estimate of drug-likeness (QED) is 0.327. The molecule has 0 unspecified atom stereocenters. The Morgan fingerprint density at radius 3 is 2.67 bits per heavy atom. The fourth-order valence-corrected chi connectivity index (χ4v) is 3.20. The highest BCUT2D eigenvalue weighted by atomic mass is 15.2. The summed E-state index contributed by atoms with van der Waals surface area (Å²) in [6.07, 6.45) is 2.42. The van der Waals surface area contributed by atoms with Crippen molar-refractivity contribution in [3.8, 4) is 17.2 Å². The molecule has 8 nitrogen and oxygen atoms in total. The Hall–Kier alpha value is -3.64. The predicted octanol–water partition coefficient (Wildman–Crippen LogP) is 4.28. The van der Waals surface area contributed by atoms with E-state index in [1.54, 1.807) is 6.20 Å². The maximum Gasteiger partial charge on any atom is 0.165 e. The predicted molar refractivity (Wildman–Crippen MR) is 104 cm³/mol. The van der Waals surface area contributed by atoms with Gasteiger partial charge in [0.1, 0.15) is 11.2 Å². The fourth-order valence-electron chi connectivity index (χ4n) is 3.20. The van der Waals surface area contributed by atoms with Crippen LogP contribution >= 0.6 is 0 Å². The zero-order valence-electron chi connectivity index (χ0n) is 15.1. The van der Waals surface area contributed by atoms with E-state index >= 15 is 0 Å². The van der Waals surface area contributed by atoms with Crippen LogP contribution < -0.4 is 0 Å². The summed E-state index contributed by atoms with van der Waals surface area (Å²) in [5.74, 6) is 0.769. The third-order valence-corrected chi connectivity index (χ3v) is 4.43. The smallest absolute Gasteiger partial charge is 0.165 e. The molecule has 0 aliphatic heterocycles. The zero-order valence-corrected chi connectivity index (χ0v) is 15.1. The summed E-state index contributed by atoms with van der Waals surface area (Å²) < 4.78 is 2.04. The molecule has 4 aromatic rings. The van der Waals surface area contributed by atoms with E-state index in [1.807, 2.05) is 54.8 Å². The maximum absolute atomic E-state index is 8.41. The monoisotopic (exact) mass is 358 g/mol. The lowest BCUT2D eigenvalue weighted by atomic mass is 10.1. The van der Waals surface area contributed by atoms with E-state index in [1.165, 1.54) is 0 Å². The van der Waals surface area contributed by atoms with Gasteiger partial charge in [0.2, 0.25) is 0 Å². The number of benzene rings is 1. The van der Waals surface area contributed by atoms with Gasteiger partial charge in [0.05, 0.1) is 0 Å². The van der Waals surface area contributed by atoms with Crippen LogP contribution in [0.4, 0.5) is 0 Å². The lowest BCUT2D eigenvalue weighted by Crippen LogP contribution is -2.00. The number of aryl methyl sites for hydroxylation is 2. The van der Waals surface area contributed by atoms with Crippen molar-refractivity contribution in [2.45, 2.75) is 20.3 Å². The maximum atomic E-state index is 8.41. The van der Waals surface area contributed by atoms with Crippen molar-refractivity contribution in [1.82, 2.24) is 24.7 Å². The molecule has 0 aliphatic rings. The number of rotatable bonds is 5. The second-order valence-electron chi connectivity index (χ2n) is 6.36. The summed E-state index contributed by atoms with van der Waals surface area (Å²) in [4.78, 5) is 12.4. The van der Waals surface area contributed by atoms with E-state index in [2.05, 4.69) is 20.2 Å². The minimum Gasteiger partial charge on any atom is -0.275 e. The summed E-state index contributed by atoms with van der Waals surface area (Å²) in [6, 6.07) is 12.1. The van der Waals surface area contributed by atoms with Crippen LogP contribution in [-0.4, -0.2) is 31.3 Å². The molecule has 1 N–H and O–H groups in total. The average Bonchev–Trinajstić information content (AvgIpc) is 3.30. The highest BCUT2D eigenvalue weighted by molar-refractivity contribution is 5.82. The molecular formula is C19H18N8. The summed E-state index contributed by atoms with van der Waals surface area (Å²) in [5.41, 5.74) is 15.0. The SMILES string of the molecule is Cc1cc(C)c2nc(-c3ccn[nH]3)n(-c3ccc(CCN=[N+]=[N-])cc3)c2n1. The van der Waals surface area contributed by atoms with E-state index in [0.29, 0.717) is 13.0 Å². The number of imidazole rings is 1. The van der Waals surface area contributed by atoms with Crippen LogP contribution in [-0.2, 0) is 6.42 Å². The highest BCUT2D eigenvalue weighted by Crippen LogP contribution is 2.28. The Morgan fingerprint density at radius 2 is 1.96 bits per heavy atom. The number of aromatic nitrogens is 5. The second-order valence-corrected chi connectivity index (χ2v) is 6.36. The summed E-state index contributed by atoms with van der Waals surface area (Å²) in [7, 11) is 0. The Kier molecular flexibility index (Phi) is 4.32. The molecule has 0 radical (unpaired) electrons. The van der Waals surface area contributed by atoms with Crippen molar-refractivity contribution in [2.24, 2.45) is 5.11 Å². The van der Waals surface area contributed by atoms with Crippen LogP contribution in [0.25, 0.3) is 38.8 Å². The minimum atomic E-state index is 0.448. The summed E-state index contributed by atoms with van der Waals surface area (Å²) >= 11 is 0. The van der Waals surface area contributed by atoms with E-state index < -0.39 is 0 Å². The lowest BCUT2D eigenvalue weighted by Gasteiger charge is -2.09. The van der Waals surface area contributed by atoms with Crippen LogP contribution in [0.15, 0.2) is 47.7 Å². The number of hydrogen-bond acceptors (Lipinski definition) is 4. The standard InChI is InChI=1S/C19H18N8/c1-12-11-13(2)23-19-17(12)24-18(16-8-10-21-25-16)27(19)15-5-3-14(4-6-15)7-9-22-26-20/h3-6,8,10-11H,7,9H2,1-2H3,(H,21,25). The first-order valence-electron chi connectivity index (χ1n) is 8.64. The normalized spacial score (nSPS) is 10.9. The molecule has 0 atom stereocenters. The van der Waals surface area contributed by atoms with Crippen molar-refractivity contribution in [3.05, 3.63) is 69.9 Å². The number of H-pyrrole nitrogens is 1. The highest BCUT2D eigenvalue weighted by Gasteiger charge is 2.18.